The Bertz CT molecular complexity index is 549. The minimum atomic E-state index is -1.05. The normalized spacial score (nSPS) is 10.2. The molecule has 0 aliphatic heterocycles. The molecule has 94 valence electrons. The highest BCUT2D eigenvalue weighted by Crippen LogP contribution is 2.09. The second kappa shape index (κ2) is 5.41. The molecule has 8 heteroatoms. The number of hydrogen-bond donors (Lipinski definition) is 2. The van der Waals surface area contributed by atoms with Crippen LogP contribution in [0.2, 0.25) is 0 Å². The fourth-order valence-corrected chi connectivity index (χ4v) is 2.00. The second-order valence-corrected chi connectivity index (χ2v) is 4.26. The number of carboxylic acids is 1. The van der Waals surface area contributed by atoms with E-state index in [4.69, 9.17) is 5.11 Å². The van der Waals surface area contributed by atoms with Crippen molar-refractivity contribution in [2.75, 3.05) is 6.54 Å². The van der Waals surface area contributed by atoms with Gasteiger partial charge in [-0.2, -0.15) is 0 Å². The van der Waals surface area contributed by atoms with Crippen molar-refractivity contribution in [1.29, 1.82) is 0 Å². The maximum atomic E-state index is 11.5. The van der Waals surface area contributed by atoms with Crippen molar-refractivity contribution < 1.29 is 19.2 Å². The van der Waals surface area contributed by atoms with Gasteiger partial charge >= 0.3 is 5.97 Å². The number of thiazole rings is 1. The third-order valence-corrected chi connectivity index (χ3v) is 2.97. The number of nitrogens with zero attached hydrogens (tertiary/aromatic N) is 2. The highest BCUT2D eigenvalue weighted by molar-refractivity contribution is 7.09. The van der Waals surface area contributed by atoms with Crippen molar-refractivity contribution in [1.82, 2.24) is 15.5 Å². The van der Waals surface area contributed by atoms with E-state index in [1.807, 2.05) is 0 Å². The number of carbonyl (C=O) groups is 2. The van der Waals surface area contributed by atoms with Crippen LogP contribution in [0.5, 0.6) is 0 Å². The minimum Gasteiger partial charge on any atom is -0.476 e. The van der Waals surface area contributed by atoms with Gasteiger partial charge in [-0.3, -0.25) is 4.79 Å². The first kappa shape index (κ1) is 12.2. The van der Waals surface area contributed by atoms with E-state index in [1.165, 1.54) is 29.0 Å². The largest absolute Gasteiger partial charge is 0.476 e. The number of aromatic nitrogens is 2. The van der Waals surface area contributed by atoms with Crippen LogP contribution in [0, 0.1) is 0 Å². The van der Waals surface area contributed by atoms with Crippen molar-refractivity contribution >= 4 is 23.2 Å². The highest BCUT2D eigenvalue weighted by Gasteiger charge is 2.10. The standard InChI is InChI=1S/C10H9N3O4S/c14-9(6-2-4-17-13-6)11-3-1-8-12-7(5-18-8)10(15)16/h2,4-5H,1,3H2,(H,11,14)(H,15,16). The van der Waals surface area contributed by atoms with Crippen molar-refractivity contribution in [2.45, 2.75) is 6.42 Å². The van der Waals surface area contributed by atoms with Gasteiger partial charge in [-0.15, -0.1) is 11.3 Å². The van der Waals surface area contributed by atoms with E-state index in [-0.39, 0.29) is 17.3 Å². The molecule has 2 aromatic heterocycles. The average Bonchev–Trinajstić information content (AvgIpc) is 3.00. The number of hydrogen-bond acceptors (Lipinski definition) is 6. The van der Waals surface area contributed by atoms with Crippen molar-refractivity contribution in [2.24, 2.45) is 0 Å². The van der Waals surface area contributed by atoms with E-state index < -0.39 is 5.97 Å². The lowest BCUT2D eigenvalue weighted by atomic mass is 10.4. The zero-order valence-corrected chi connectivity index (χ0v) is 9.94. The van der Waals surface area contributed by atoms with E-state index in [0.29, 0.717) is 18.0 Å². The van der Waals surface area contributed by atoms with Crippen LogP contribution in [0.25, 0.3) is 0 Å². The maximum absolute atomic E-state index is 11.5. The lowest BCUT2D eigenvalue weighted by molar-refractivity contribution is 0.0690. The summed E-state index contributed by atoms with van der Waals surface area (Å²) >= 11 is 1.25. The van der Waals surface area contributed by atoms with E-state index >= 15 is 0 Å². The third-order valence-electron chi connectivity index (χ3n) is 2.07. The number of nitrogens with one attached hydrogen (secondary N) is 1. The first-order valence-electron chi connectivity index (χ1n) is 5.03. The van der Waals surface area contributed by atoms with Crippen LogP contribution < -0.4 is 5.32 Å². The fourth-order valence-electron chi connectivity index (χ4n) is 1.23. The molecule has 7 nitrogen and oxygen atoms in total. The molecule has 2 rings (SSSR count). The van der Waals surface area contributed by atoms with Gasteiger partial charge in [0.2, 0.25) is 0 Å². The Morgan fingerprint density at radius 2 is 2.28 bits per heavy atom. The topological polar surface area (TPSA) is 105 Å². The molecule has 2 heterocycles. The van der Waals surface area contributed by atoms with E-state index in [9.17, 15) is 9.59 Å². The molecule has 0 aliphatic rings. The lowest BCUT2D eigenvalue weighted by Crippen LogP contribution is -2.25. The van der Waals surface area contributed by atoms with E-state index in [1.54, 1.807) is 0 Å². The second-order valence-electron chi connectivity index (χ2n) is 3.32. The van der Waals surface area contributed by atoms with Gasteiger partial charge in [0.15, 0.2) is 11.4 Å². The van der Waals surface area contributed by atoms with Crippen molar-refractivity contribution in [3.63, 3.8) is 0 Å². The molecule has 0 radical (unpaired) electrons. The van der Waals surface area contributed by atoms with Crippen LogP contribution >= 0.6 is 11.3 Å². The molecule has 0 aromatic carbocycles. The minimum absolute atomic E-state index is 0.0258. The fraction of sp³-hybridized carbons (Fsp3) is 0.200. The van der Waals surface area contributed by atoms with Crippen LogP contribution in [-0.4, -0.2) is 33.7 Å². The number of carboxylic acid groups (broad SMARTS) is 1. The summed E-state index contributed by atoms with van der Waals surface area (Å²) in [6, 6.07) is 1.46. The molecule has 0 saturated carbocycles. The van der Waals surface area contributed by atoms with Crippen LogP contribution in [0.15, 0.2) is 22.2 Å². The highest BCUT2D eigenvalue weighted by atomic mass is 32.1. The SMILES string of the molecule is O=C(O)c1csc(CCNC(=O)c2ccon2)n1. The lowest BCUT2D eigenvalue weighted by Gasteiger charge is -1.99. The van der Waals surface area contributed by atoms with Gasteiger partial charge in [0.1, 0.15) is 6.26 Å². The molecule has 1 amide bonds. The first-order valence-corrected chi connectivity index (χ1v) is 5.91. The summed E-state index contributed by atoms with van der Waals surface area (Å²) in [7, 11) is 0. The summed E-state index contributed by atoms with van der Waals surface area (Å²) in [6.45, 7) is 0.359. The van der Waals surface area contributed by atoms with Crippen LogP contribution in [0.1, 0.15) is 26.0 Å². The summed E-state index contributed by atoms with van der Waals surface area (Å²) in [5.74, 6) is -1.39. The zero-order valence-electron chi connectivity index (χ0n) is 9.12. The van der Waals surface area contributed by atoms with Crippen LogP contribution in [-0.2, 0) is 6.42 Å². The van der Waals surface area contributed by atoms with E-state index in [2.05, 4.69) is 20.0 Å². The molecule has 18 heavy (non-hydrogen) atoms. The maximum Gasteiger partial charge on any atom is 0.355 e. The summed E-state index contributed by atoms with van der Waals surface area (Å²) in [5.41, 5.74) is 0.234. The van der Waals surface area contributed by atoms with Gasteiger partial charge in [0.05, 0.1) is 5.01 Å². The average molecular weight is 267 g/mol. The van der Waals surface area contributed by atoms with Gasteiger partial charge in [-0.05, 0) is 0 Å². The molecule has 2 N–H and O–H groups in total. The Morgan fingerprint density at radius 1 is 1.44 bits per heavy atom. The first-order chi connectivity index (χ1) is 8.66. The smallest absolute Gasteiger partial charge is 0.355 e. The monoisotopic (exact) mass is 267 g/mol. The van der Waals surface area contributed by atoms with Crippen LogP contribution in [0.4, 0.5) is 0 Å². The van der Waals surface area contributed by atoms with Crippen LogP contribution in [0.3, 0.4) is 0 Å². The van der Waals surface area contributed by atoms with Gasteiger partial charge in [-0.25, -0.2) is 9.78 Å². The molecular formula is C10H9N3O4S. The Labute approximate surface area is 105 Å². The predicted molar refractivity (Wildman–Crippen MR) is 61.6 cm³/mol. The van der Waals surface area contributed by atoms with Gasteiger partial charge in [0.25, 0.3) is 5.91 Å². The molecule has 2 aromatic rings. The van der Waals surface area contributed by atoms with Crippen molar-refractivity contribution in [3.05, 3.63) is 34.1 Å². The molecule has 0 fully saturated rings. The summed E-state index contributed by atoms with van der Waals surface area (Å²) in [5, 5.41) is 16.9. The number of aromatic carboxylic acids is 1. The third kappa shape index (κ3) is 2.92. The summed E-state index contributed by atoms with van der Waals surface area (Å²) in [6.07, 6.45) is 1.79. The van der Waals surface area contributed by atoms with Gasteiger partial charge in [0, 0.05) is 24.4 Å². The molecule has 0 atom stereocenters. The molecular weight excluding hydrogens is 258 g/mol. The zero-order chi connectivity index (χ0) is 13.0. The molecule has 0 unspecified atom stereocenters. The van der Waals surface area contributed by atoms with E-state index in [0.717, 1.165) is 0 Å². The molecule has 0 aliphatic carbocycles. The summed E-state index contributed by atoms with van der Waals surface area (Å²) < 4.78 is 4.54. The van der Waals surface area contributed by atoms with Crippen molar-refractivity contribution in [3.8, 4) is 0 Å². The quantitative estimate of drug-likeness (QED) is 0.830. The number of carbonyl (C=O) groups excluding carboxylic acids is 1. The number of amides is 1. The number of rotatable bonds is 5. The predicted octanol–water partition coefficient (Wildman–Crippen LogP) is 0.802. The summed E-state index contributed by atoms with van der Waals surface area (Å²) in [4.78, 5) is 26.0. The Morgan fingerprint density at radius 3 is 2.89 bits per heavy atom. The molecule has 0 saturated heterocycles. The Kier molecular flexibility index (Phi) is 3.68. The van der Waals surface area contributed by atoms with Gasteiger partial charge in [-0.1, -0.05) is 5.16 Å². The molecule has 0 spiro atoms. The Hall–Kier alpha value is -2.22. The van der Waals surface area contributed by atoms with Gasteiger partial charge < -0.3 is 14.9 Å². The Balaban J connectivity index is 1.81. The molecule has 0 bridgehead atoms.